The fraction of sp³-hybridized carbons (Fsp3) is 0.259. The van der Waals surface area contributed by atoms with Gasteiger partial charge < -0.3 is 24.8 Å². The number of carbonyl (C=O) groups is 2. The first-order valence-corrected chi connectivity index (χ1v) is 11.9. The number of amides is 1. The number of nitrogen functional groups attached to an aromatic ring is 1. The monoisotopic (exact) mass is 520 g/mol. The summed E-state index contributed by atoms with van der Waals surface area (Å²) >= 11 is 0. The molecule has 3 aromatic rings. The van der Waals surface area contributed by atoms with Gasteiger partial charge in [-0.15, -0.1) is 0 Å². The van der Waals surface area contributed by atoms with Crippen LogP contribution in [0, 0.1) is 5.92 Å². The Hall–Kier alpha value is -4.80. The normalized spacial score (nSPS) is 12.2. The minimum absolute atomic E-state index is 0.0612. The van der Waals surface area contributed by atoms with Gasteiger partial charge >= 0.3 is 11.7 Å². The molecule has 11 nitrogen and oxygen atoms in total. The van der Waals surface area contributed by atoms with Crippen LogP contribution in [0.4, 0.5) is 11.5 Å². The molecule has 4 rings (SSSR count). The van der Waals surface area contributed by atoms with Crippen LogP contribution < -0.4 is 31.4 Å². The van der Waals surface area contributed by atoms with Gasteiger partial charge in [0, 0.05) is 12.6 Å². The minimum Gasteiger partial charge on any atom is -0.454 e. The number of esters is 1. The van der Waals surface area contributed by atoms with E-state index in [2.05, 4.69) is 4.98 Å². The molecule has 1 aromatic heterocycles. The molecule has 11 heteroatoms. The van der Waals surface area contributed by atoms with E-state index in [-0.39, 0.29) is 37.3 Å². The van der Waals surface area contributed by atoms with Gasteiger partial charge in [0.2, 0.25) is 6.79 Å². The molecule has 0 bridgehead atoms. The average molecular weight is 521 g/mol. The molecule has 0 unspecified atom stereocenters. The van der Waals surface area contributed by atoms with Crippen molar-refractivity contribution in [2.75, 3.05) is 30.6 Å². The number of hydrogen-bond donors (Lipinski definition) is 2. The Morgan fingerprint density at radius 2 is 1.87 bits per heavy atom. The zero-order chi connectivity index (χ0) is 27.2. The third-order valence-electron chi connectivity index (χ3n) is 5.66. The van der Waals surface area contributed by atoms with Gasteiger partial charge in [-0.1, -0.05) is 50.2 Å². The molecule has 3 N–H and O–H groups in total. The van der Waals surface area contributed by atoms with Crippen LogP contribution in [0.3, 0.4) is 0 Å². The second-order valence-corrected chi connectivity index (χ2v) is 9.02. The topological polar surface area (TPSA) is 146 Å². The molecule has 0 saturated heterocycles. The number of rotatable bonds is 9. The second kappa shape index (κ2) is 11.5. The average Bonchev–Trinajstić information content (AvgIpc) is 3.36. The Morgan fingerprint density at radius 3 is 2.61 bits per heavy atom. The SMILES string of the molecule is CC(C)CN(C(=O)COC(=O)C=Cc1ccc2c(c1)OCO2)c1c(N)n(Cc2ccccc2)c(=O)[nH]c1=O. The van der Waals surface area contributed by atoms with Crippen LogP contribution in [0.1, 0.15) is 25.0 Å². The molecule has 0 saturated carbocycles. The van der Waals surface area contributed by atoms with Gasteiger partial charge in [0.1, 0.15) is 5.82 Å². The Morgan fingerprint density at radius 1 is 1.13 bits per heavy atom. The van der Waals surface area contributed by atoms with Gasteiger partial charge in [0.15, 0.2) is 23.8 Å². The number of hydrogen-bond acceptors (Lipinski definition) is 8. The van der Waals surface area contributed by atoms with Crippen molar-refractivity contribution < 1.29 is 23.8 Å². The maximum atomic E-state index is 13.1. The third-order valence-corrected chi connectivity index (χ3v) is 5.66. The lowest BCUT2D eigenvalue weighted by atomic mass is 10.2. The number of ether oxygens (including phenoxy) is 3. The number of aromatic amines is 1. The lowest BCUT2D eigenvalue weighted by molar-refractivity contribution is -0.142. The minimum atomic E-state index is -0.806. The van der Waals surface area contributed by atoms with Crippen LogP contribution in [0.2, 0.25) is 0 Å². The molecular weight excluding hydrogens is 492 g/mol. The van der Waals surface area contributed by atoms with Crippen molar-refractivity contribution in [2.45, 2.75) is 20.4 Å². The number of nitrogens with zero attached hydrogens (tertiary/aromatic N) is 2. The number of nitrogens with two attached hydrogens (primary N) is 1. The van der Waals surface area contributed by atoms with Gasteiger partial charge in [0.05, 0.1) is 6.54 Å². The summed E-state index contributed by atoms with van der Waals surface area (Å²) in [5, 5.41) is 0. The van der Waals surface area contributed by atoms with Crippen LogP contribution in [0.5, 0.6) is 11.5 Å². The lowest BCUT2D eigenvalue weighted by Gasteiger charge is -2.26. The highest BCUT2D eigenvalue weighted by molar-refractivity contribution is 5.98. The van der Waals surface area contributed by atoms with E-state index < -0.39 is 29.7 Å². The first kappa shape index (κ1) is 26.3. The van der Waals surface area contributed by atoms with Gasteiger partial charge in [-0.05, 0) is 35.3 Å². The van der Waals surface area contributed by atoms with Crippen LogP contribution in [-0.2, 0) is 20.9 Å². The summed E-state index contributed by atoms with van der Waals surface area (Å²) in [6.07, 6.45) is 2.70. The fourth-order valence-electron chi connectivity index (χ4n) is 3.88. The molecule has 0 aliphatic carbocycles. The van der Waals surface area contributed by atoms with Crippen LogP contribution in [0.25, 0.3) is 6.08 Å². The van der Waals surface area contributed by atoms with E-state index in [1.54, 1.807) is 18.2 Å². The zero-order valence-electron chi connectivity index (χ0n) is 21.0. The molecular formula is C27H28N4O7. The van der Waals surface area contributed by atoms with E-state index in [4.69, 9.17) is 19.9 Å². The van der Waals surface area contributed by atoms with Gasteiger partial charge in [-0.3, -0.25) is 19.1 Å². The van der Waals surface area contributed by atoms with Crippen molar-refractivity contribution in [3.05, 3.63) is 86.6 Å². The summed E-state index contributed by atoms with van der Waals surface area (Å²) < 4.78 is 16.9. The predicted octanol–water partition coefficient (Wildman–Crippen LogP) is 2.14. The molecule has 2 aromatic carbocycles. The Kier molecular flexibility index (Phi) is 7.95. The van der Waals surface area contributed by atoms with E-state index in [0.717, 1.165) is 10.5 Å². The van der Waals surface area contributed by atoms with E-state index in [9.17, 15) is 19.2 Å². The quantitative estimate of drug-likeness (QED) is 0.322. The van der Waals surface area contributed by atoms with Gasteiger partial charge in [-0.25, -0.2) is 9.59 Å². The maximum Gasteiger partial charge on any atom is 0.331 e. The molecule has 0 radical (unpaired) electrons. The van der Waals surface area contributed by atoms with Gasteiger partial charge in [0.25, 0.3) is 11.5 Å². The van der Waals surface area contributed by atoms with Crippen molar-refractivity contribution in [1.82, 2.24) is 9.55 Å². The number of anilines is 2. The van der Waals surface area contributed by atoms with E-state index >= 15 is 0 Å². The van der Waals surface area contributed by atoms with E-state index in [0.29, 0.717) is 17.1 Å². The predicted molar refractivity (Wildman–Crippen MR) is 141 cm³/mol. The first-order chi connectivity index (χ1) is 18.2. The smallest absolute Gasteiger partial charge is 0.331 e. The van der Waals surface area contributed by atoms with Crippen LogP contribution in [0.15, 0.2) is 64.2 Å². The summed E-state index contributed by atoms with van der Waals surface area (Å²) in [7, 11) is 0. The van der Waals surface area contributed by atoms with Crippen molar-refractivity contribution >= 4 is 29.5 Å². The summed E-state index contributed by atoms with van der Waals surface area (Å²) in [6, 6.07) is 14.3. The first-order valence-electron chi connectivity index (χ1n) is 11.9. The highest BCUT2D eigenvalue weighted by Crippen LogP contribution is 2.32. The number of nitrogens with one attached hydrogen (secondary N) is 1. The molecule has 2 heterocycles. The maximum absolute atomic E-state index is 13.1. The number of H-pyrrole nitrogens is 1. The highest BCUT2D eigenvalue weighted by atomic mass is 16.7. The molecule has 0 fully saturated rings. The number of carbonyl (C=O) groups excluding carboxylic acids is 2. The van der Waals surface area contributed by atoms with Crippen molar-refractivity contribution in [2.24, 2.45) is 5.92 Å². The summed E-state index contributed by atoms with van der Waals surface area (Å²) in [4.78, 5) is 54.1. The standard InChI is InChI=1S/C27H28N4O7/c1-17(2)13-30(24-25(28)31(27(35)29-26(24)34)14-19-6-4-3-5-7-19)22(32)15-36-23(33)11-9-18-8-10-20-21(12-18)38-16-37-20/h3-12,17H,13-16,28H2,1-2H3,(H,29,34,35). The highest BCUT2D eigenvalue weighted by Gasteiger charge is 2.26. The molecule has 198 valence electrons. The lowest BCUT2D eigenvalue weighted by Crippen LogP contribution is -2.44. The molecule has 0 spiro atoms. The van der Waals surface area contributed by atoms with Crippen molar-refractivity contribution in [3.63, 3.8) is 0 Å². The fourth-order valence-corrected chi connectivity index (χ4v) is 3.88. The summed E-state index contributed by atoms with van der Waals surface area (Å²) in [5.74, 6) is -0.456. The Balaban J connectivity index is 1.51. The van der Waals surface area contributed by atoms with E-state index in [1.165, 1.54) is 16.7 Å². The number of fused-ring (bicyclic) bond motifs is 1. The zero-order valence-corrected chi connectivity index (χ0v) is 21.0. The second-order valence-electron chi connectivity index (χ2n) is 9.02. The largest absolute Gasteiger partial charge is 0.454 e. The molecule has 0 atom stereocenters. The summed E-state index contributed by atoms with van der Waals surface area (Å²) in [5.41, 5.74) is 6.05. The number of aromatic nitrogens is 2. The Labute approximate surface area is 218 Å². The Bertz CT molecular complexity index is 1470. The molecule has 1 amide bonds. The molecule has 1 aliphatic rings. The molecule has 38 heavy (non-hydrogen) atoms. The molecule has 1 aliphatic heterocycles. The van der Waals surface area contributed by atoms with Gasteiger partial charge in [-0.2, -0.15) is 0 Å². The number of benzene rings is 2. The van der Waals surface area contributed by atoms with E-state index in [1.807, 2.05) is 44.2 Å². The third kappa shape index (κ3) is 6.12. The summed E-state index contributed by atoms with van der Waals surface area (Å²) in [6.45, 7) is 3.42. The van der Waals surface area contributed by atoms with Crippen molar-refractivity contribution in [1.29, 1.82) is 0 Å². The van der Waals surface area contributed by atoms with Crippen LogP contribution in [-0.4, -0.2) is 41.4 Å². The van der Waals surface area contributed by atoms with Crippen LogP contribution >= 0.6 is 0 Å². The van der Waals surface area contributed by atoms with Crippen molar-refractivity contribution in [3.8, 4) is 11.5 Å².